The molecule has 0 aromatic rings. The molecule has 0 fully saturated rings. The maximum atomic E-state index is 6.46. The Morgan fingerprint density at radius 3 is 1.29 bits per heavy atom. The lowest BCUT2D eigenvalue weighted by molar-refractivity contribution is 0.222. The molecule has 0 aliphatic carbocycles. The Morgan fingerprint density at radius 2 is 0.941 bits per heavy atom. The molecule has 1 atom stereocenters. The fourth-order valence-corrected chi connectivity index (χ4v) is 11.1. The Hall–Kier alpha value is 0.450. The molecule has 0 bridgehead atoms. The third-order valence-electron chi connectivity index (χ3n) is 4.30. The third kappa shape index (κ3) is 12.6. The zero-order valence-corrected chi connectivity index (χ0v) is 25.9. The molecule has 0 heterocycles. The number of rotatable bonds is 21. The molecule has 0 aliphatic heterocycles. The van der Waals surface area contributed by atoms with Crippen LogP contribution in [0.15, 0.2) is 14.0 Å². The predicted molar refractivity (Wildman–Crippen MR) is 147 cm³/mol. The van der Waals surface area contributed by atoms with Crippen LogP contribution in [-0.2, 0) is 27.1 Å². The molecule has 0 rings (SSSR count). The van der Waals surface area contributed by atoms with Crippen molar-refractivity contribution in [2.75, 3.05) is 53.4 Å². The van der Waals surface area contributed by atoms with E-state index in [4.69, 9.17) is 36.4 Å². The molecule has 12 heteroatoms. The van der Waals surface area contributed by atoms with Crippen molar-refractivity contribution in [3.63, 3.8) is 0 Å². The van der Waals surface area contributed by atoms with Crippen molar-refractivity contribution >= 4 is 22.7 Å². The van der Waals surface area contributed by atoms with Gasteiger partial charge < -0.3 is 27.1 Å². The third-order valence-corrected chi connectivity index (χ3v) is 12.2. The van der Waals surface area contributed by atoms with E-state index in [1.54, 1.807) is 7.05 Å². The number of hydrogen-bond acceptors (Lipinski definition) is 8. The van der Waals surface area contributed by atoms with Crippen LogP contribution in [0.5, 0.6) is 0 Å². The van der Waals surface area contributed by atoms with Crippen LogP contribution >= 0.6 is 22.7 Å². The summed E-state index contributed by atoms with van der Waals surface area (Å²) < 4.78 is 52.3. The Kier molecular flexibility index (Phi) is 19.8. The summed E-state index contributed by atoms with van der Waals surface area (Å²) in [4.78, 5) is 0. The first-order chi connectivity index (χ1) is 16.3. The highest BCUT2D eigenvalue weighted by atomic mass is 31.2. The second-order valence-corrected chi connectivity index (χ2v) is 15.3. The maximum absolute atomic E-state index is 6.46. The molecule has 206 valence electrons. The maximum Gasteiger partial charge on any atom is 0.338 e. The molecule has 0 radical (unpaired) electrons. The normalized spacial score (nSPS) is 13.7. The monoisotopic (exact) mass is 547 g/mol. The zero-order valence-electron chi connectivity index (χ0n) is 23.2. The molecule has 0 N–H and O–H groups in total. The van der Waals surface area contributed by atoms with Gasteiger partial charge in [0.1, 0.15) is 5.78 Å². The summed E-state index contributed by atoms with van der Waals surface area (Å²) in [6.07, 6.45) is 5.09. The van der Waals surface area contributed by atoms with Crippen molar-refractivity contribution in [2.24, 2.45) is 14.0 Å². The van der Waals surface area contributed by atoms with Crippen molar-refractivity contribution in [3.8, 4) is 0 Å². The fourth-order valence-electron chi connectivity index (χ4n) is 2.64. The lowest BCUT2D eigenvalue weighted by Crippen LogP contribution is -2.11. The van der Waals surface area contributed by atoms with Crippen molar-refractivity contribution in [1.29, 1.82) is 0 Å². The summed E-state index contributed by atoms with van der Waals surface area (Å²) in [6.45, 7) is 19.5. The van der Waals surface area contributed by atoms with E-state index < -0.39 is 28.5 Å². The van der Waals surface area contributed by atoms with Crippen molar-refractivity contribution < 1.29 is 27.1 Å². The Balaban J connectivity index is 6.87. The van der Waals surface area contributed by atoms with Gasteiger partial charge in [-0.25, -0.2) is 9.49 Å². The van der Waals surface area contributed by atoms with Gasteiger partial charge in [0, 0.05) is 13.7 Å². The molecule has 9 nitrogen and oxygen atoms in total. The van der Waals surface area contributed by atoms with Crippen molar-refractivity contribution in [1.82, 2.24) is 0 Å². The van der Waals surface area contributed by atoms with Gasteiger partial charge in [-0.2, -0.15) is 4.52 Å². The zero-order chi connectivity index (χ0) is 25.9. The van der Waals surface area contributed by atoms with E-state index in [0.29, 0.717) is 39.6 Å². The second-order valence-electron chi connectivity index (χ2n) is 7.89. The summed E-state index contributed by atoms with van der Waals surface area (Å²) in [7, 11) is -6.72. The highest BCUT2D eigenvalue weighted by Gasteiger charge is 2.37. The van der Waals surface area contributed by atoms with Gasteiger partial charge in [-0.05, 0) is 45.4 Å². The molecule has 0 aliphatic rings. The van der Waals surface area contributed by atoms with E-state index >= 15 is 0 Å². The molecular formula is C22H52N3O6P3. The minimum Gasteiger partial charge on any atom is -0.324 e. The summed E-state index contributed by atoms with van der Waals surface area (Å²) in [5.41, 5.74) is 0. The van der Waals surface area contributed by atoms with E-state index in [1.165, 1.54) is 0 Å². The highest BCUT2D eigenvalue weighted by Crippen LogP contribution is 2.70. The molecule has 0 saturated carbocycles. The fraction of sp³-hybridized carbons (Fsp3) is 1.00. The van der Waals surface area contributed by atoms with E-state index in [9.17, 15) is 0 Å². The molecule has 0 saturated heterocycles. The largest absolute Gasteiger partial charge is 0.338 e. The van der Waals surface area contributed by atoms with Gasteiger partial charge in [0.2, 0.25) is 15.0 Å². The lowest BCUT2D eigenvalue weighted by atomic mass is 10.5. The molecule has 0 spiro atoms. The van der Waals surface area contributed by atoms with Crippen LogP contribution < -0.4 is 0 Å². The van der Waals surface area contributed by atoms with Crippen LogP contribution in [0.1, 0.15) is 87.0 Å². The van der Waals surface area contributed by atoms with Gasteiger partial charge in [-0.3, -0.25) is 0 Å². The summed E-state index contributed by atoms with van der Waals surface area (Å²) in [5, 5.41) is 0. The van der Waals surface area contributed by atoms with Crippen LogP contribution in [0, 0.1) is 0 Å². The first-order valence-electron chi connectivity index (χ1n) is 12.9. The van der Waals surface area contributed by atoms with Crippen molar-refractivity contribution in [3.05, 3.63) is 0 Å². The molecule has 0 aromatic carbocycles. The minimum absolute atomic E-state index is 0.422. The van der Waals surface area contributed by atoms with E-state index in [0.717, 1.165) is 38.5 Å². The first kappa shape index (κ1) is 34.5. The number of nitrogens with zero attached hydrogens (tertiary/aromatic N) is 3. The van der Waals surface area contributed by atoms with Gasteiger partial charge in [0.25, 0.3) is 0 Å². The van der Waals surface area contributed by atoms with Gasteiger partial charge in [0.05, 0.1) is 39.6 Å². The van der Waals surface area contributed by atoms with Crippen LogP contribution in [0.2, 0.25) is 0 Å². The summed E-state index contributed by atoms with van der Waals surface area (Å²) in [6, 6.07) is 0. The highest BCUT2D eigenvalue weighted by molar-refractivity contribution is 7.68. The van der Waals surface area contributed by atoms with Crippen LogP contribution in [0.3, 0.4) is 0 Å². The number of hydrogen-bond donors (Lipinski definition) is 0. The SMILES string of the molecule is CCCOP(C)(=NC(C)P(=NP(=NC)(OCCC)OCCC)(OCCC)OCCC)OCCC. The van der Waals surface area contributed by atoms with Crippen LogP contribution in [-0.4, -0.2) is 59.1 Å². The first-order valence-corrected chi connectivity index (χ1v) is 18.1. The molecule has 0 amide bonds. The summed E-state index contributed by atoms with van der Waals surface area (Å²) >= 11 is 0. The van der Waals surface area contributed by atoms with Crippen LogP contribution in [0.4, 0.5) is 0 Å². The smallest absolute Gasteiger partial charge is 0.324 e. The second kappa shape index (κ2) is 19.5. The Labute approximate surface area is 210 Å². The standard InChI is InChI=1S/C22H52N3O6P3/c1-10-16-26-32(9,27-17-11-2)24-22(7)33(28-18-12-3,29-19-13-4)25-34(23-8,30-20-14-5)31-21-15-6/h22H,10-21H2,1-9H3. The van der Waals surface area contributed by atoms with Gasteiger partial charge in [-0.1, -0.05) is 41.5 Å². The average molecular weight is 548 g/mol. The predicted octanol–water partition coefficient (Wildman–Crippen LogP) is 9.16. The van der Waals surface area contributed by atoms with E-state index in [1.807, 2.05) is 13.6 Å². The van der Waals surface area contributed by atoms with Gasteiger partial charge >= 0.3 is 7.66 Å². The molecule has 1 unspecified atom stereocenters. The average Bonchev–Trinajstić information content (AvgIpc) is 2.84. The Bertz CT molecular complexity index is 655. The lowest BCUT2D eigenvalue weighted by Gasteiger charge is -2.32. The van der Waals surface area contributed by atoms with Gasteiger partial charge in [0.15, 0.2) is 0 Å². The molecule has 0 aromatic heterocycles. The van der Waals surface area contributed by atoms with Crippen molar-refractivity contribution in [2.45, 2.75) is 92.8 Å². The Morgan fingerprint density at radius 1 is 0.588 bits per heavy atom. The summed E-state index contributed by atoms with van der Waals surface area (Å²) in [5.74, 6) is -0.422. The van der Waals surface area contributed by atoms with Gasteiger partial charge in [-0.15, -0.1) is 0 Å². The minimum atomic E-state index is -2.97. The quantitative estimate of drug-likeness (QED) is 0.133. The molecular weight excluding hydrogens is 495 g/mol. The molecule has 34 heavy (non-hydrogen) atoms. The topological polar surface area (TPSA) is 92.5 Å². The van der Waals surface area contributed by atoms with Crippen LogP contribution in [0.25, 0.3) is 0 Å². The van der Waals surface area contributed by atoms with E-state index in [-0.39, 0.29) is 0 Å². The van der Waals surface area contributed by atoms with E-state index in [2.05, 4.69) is 46.3 Å².